The Hall–Kier alpha value is -2.38. The van der Waals surface area contributed by atoms with E-state index in [2.05, 4.69) is 23.8 Å². The van der Waals surface area contributed by atoms with Gasteiger partial charge in [-0.1, -0.05) is 37.6 Å². The molecule has 1 unspecified atom stereocenters. The van der Waals surface area contributed by atoms with Gasteiger partial charge in [0, 0.05) is 24.7 Å². The second kappa shape index (κ2) is 5.31. The molecule has 0 aliphatic carbocycles. The zero-order chi connectivity index (χ0) is 18.9. The van der Waals surface area contributed by atoms with E-state index in [0.29, 0.717) is 22.9 Å². The predicted octanol–water partition coefficient (Wildman–Crippen LogP) is 1.80. The van der Waals surface area contributed by atoms with Gasteiger partial charge >= 0.3 is 0 Å². The van der Waals surface area contributed by atoms with Gasteiger partial charge in [0.25, 0.3) is 5.91 Å². The van der Waals surface area contributed by atoms with Crippen LogP contribution in [0.5, 0.6) is 0 Å². The Morgan fingerprint density at radius 3 is 2.69 bits per heavy atom. The number of halogens is 1. The third kappa shape index (κ3) is 2.27. The fraction of sp³-hybridized carbons (Fsp3) is 0.389. The number of anilines is 3. The van der Waals surface area contributed by atoms with Crippen LogP contribution in [-0.2, 0) is 15.8 Å². The number of aliphatic hydroxyl groups is 1. The standard InChI is InChI=1S/C18H20ClN5O2/c1-17(2)8-24(14-12(19)7-21-16(20)22-14)13-6-10(4-5-11(13)17)18(26)9-23(3)15(18)25/h4-7,26H,8-9H2,1-3H3,(H2,20,21,22). The van der Waals surface area contributed by atoms with Crippen LogP contribution in [0, 0.1) is 0 Å². The van der Waals surface area contributed by atoms with Crippen LogP contribution in [0.15, 0.2) is 24.4 Å². The molecule has 1 aromatic heterocycles. The third-order valence-electron chi connectivity index (χ3n) is 5.22. The van der Waals surface area contributed by atoms with Crippen LogP contribution in [-0.4, -0.2) is 46.0 Å². The van der Waals surface area contributed by atoms with E-state index in [-0.39, 0.29) is 23.8 Å². The smallest absolute Gasteiger partial charge is 0.260 e. The van der Waals surface area contributed by atoms with Gasteiger partial charge in [0.2, 0.25) is 5.95 Å². The number of fused-ring (bicyclic) bond motifs is 1. The van der Waals surface area contributed by atoms with Gasteiger partial charge in [0.15, 0.2) is 11.4 Å². The molecule has 26 heavy (non-hydrogen) atoms. The number of nitrogens with two attached hydrogens (primary N) is 1. The van der Waals surface area contributed by atoms with Crippen LogP contribution in [0.3, 0.4) is 0 Å². The van der Waals surface area contributed by atoms with E-state index in [0.717, 1.165) is 11.3 Å². The van der Waals surface area contributed by atoms with Crippen LogP contribution < -0.4 is 10.6 Å². The van der Waals surface area contributed by atoms with Crippen molar-refractivity contribution in [2.24, 2.45) is 0 Å². The highest BCUT2D eigenvalue weighted by Crippen LogP contribution is 2.47. The fourth-order valence-electron chi connectivity index (χ4n) is 3.82. The van der Waals surface area contributed by atoms with E-state index in [9.17, 15) is 9.90 Å². The maximum Gasteiger partial charge on any atom is 0.260 e. The van der Waals surface area contributed by atoms with Crippen molar-refractivity contribution in [3.8, 4) is 0 Å². The molecule has 0 radical (unpaired) electrons. The van der Waals surface area contributed by atoms with Gasteiger partial charge in [-0.15, -0.1) is 0 Å². The summed E-state index contributed by atoms with van der Waals surface area (Å²) in [5.41, 5.74) is 6.65. The lowest BCUT2D eigenvalue weighted by Crippen LogP contribution is -2.62. The summed E-state index contributed by atoms with van der Waals surface area (Å²) in [6, 6.07) is 5.64. The zero-order valence-corrected chi connectivity index (χ0v) is 15.6. The number of β-lactam (4-membered cyclic amide) rings is 1. The van der Waals surface area contributed by atoms with Gasteiger partial charge in [-0.3, -0.25) is 4.79 Å². The van der Waals surface area contributed by atoms with Crippen molar-refractivity contribution in [2.75, 3.05) is 30.8 Å². The first-order chi connectivity index (χ1) is 12.1. The number of rotatable bonds is 2. The number of nitrogen functional groups attached to an aromatic ring is 1. The van der Waals surface area contributed by atoms with Crippen LogP contribution in [0.4, 0.5) is 17.5 Å². The number of hydrogen-bond acceptors (Lipinski definition) is 6. The maximum absolute atomic E-state index is 12.2. The minimum absolute atomic E-state index is 0.140. The number of amides is 1. The minimum atomic E-state index is -1.48. The second-order valence-electron chi connectivity index (χ2n) is 7.62. The highest BCUT2D eigenvalue weighted by molar-refractivity contribution is 6.33. The van der Waals surface area contributed by atoms with Gasteiger partial charge in [0.05, 0.1) is 12.7 Å². The Bertz CT molecular complexity index is 932. The first kappa shape index (κ1) is 17.1. The van der Waals surface area contributed by atoms with Crippen molar-refractivity contribution < 1.29 is 9.90 Å². The molecule has 3 N–H and O–H groups in total. The normalized spacial score (nSPS) is 23.8. The molecule has 2 aliphatic heterocycles. The zero-order valence-electron chi connectivity index (χ0n) is 14.8. The van der Waals surface area contributed by atoms with E-state index < -0.39 is 5.60 Å². The highest BCUT2D eigenvalue weighted by atomic mass is 35.5. The van der Waals surface area contributed by atoms with E-state index in [1.165, 1.54) is 11.1 Å². The SMILES string of the molecule is CN1CC(O)(c2ccc3c(c2)N(c2nc(N)ncc2Cl)CC3(C)C)C1=O. The van der Waals surface area contributed by atoms with E-state index >= 15 is 0 Å². The summed E-state index contributed by atoms with van der Waals surface area (Å²) >= 11 is 6.31. The Kier molecular flexibility index (Phi) is 3.48. The Morgan fingerprint density at radius 1 is 1.31 bits per heavy atom. The lowest BCUT2D eigenvalue weighted by molar-refractivity contribution is -0.174. The fourth-order valence-corrected chi connectivity index (χ4v) is 4.01. The van der Waals surface area contributed by atoms with Crippen LogP contribution in [0.2, 0.25) is 5.02 Å². The number of benzene rings is 1. The second-order valence-corrected chi connectivity index (χ2v) is 8.03. The topological polar surface area (TPSA) is 95.6 Å². The van der Waals surface area contributed by atoms with Crippen LogP contribution in [0.1, 0.15) is 25.0 Å². The largest absolute Gasteiger partial charge is 0.374 e. The monoisotopic (exact) mass is 373 g/mol. The molecular formula is C18H20ClN5O2. The molecule has 2 aliphatic rings. The molecule has 1 amide bonds. The van der Waals surface area contributed by atoms with Crippen molar-refractivity contribution in [1.82, 2.24) is 14.9 Å². The van der Waals surface area contributed by atoms with Crippen LogP contribution in [0.25, 0.3) is 0 Å². The molecular weight excluding hydrogens is 354 g/mol. The summed E-state index contributed by atoms with van der Waals surface area (Å²) in [7, 11) is 1.67. The predicted molar refractivity (Wildman–Crippen MR) is 99.5 cm³/mol. The molecule has 136 valence electrons. The summed E-state index contributed by atoms with van der Waals surface area (Å²) in [6.07, 6.45) is 1.48. The molecule has 1 atom stereocenters. The number of likely N-dealkylation sites (N-methyl/N-ethyl adjacent to an activating group) is 1. The van der Waals surface area contributed by atoms with E-state index in [4.69, 9.17) is 17.3 Å². The summed E-state index contributed by atoms with van der Waals surface area (Å²) in [4.78, 5) is 23.8. The molecule has 0 bridgehead atoms. The molecule has 1 aromatic carbocycles. The summed E-state index contributed by atoms with van der Waals surface area (Å²) in [5.74, 6) is 0.360. The summed E-state index contributed by atoms with van der Waals surface area (Å²) in [5, 5.41) is 11.2. The summed E-state index contributed by atoms with van der Waals surface area (Å²) < 4.78 is 0. The summed E-state index contributed by atoms with van der Waals surface area (Å²) in [6.45, 7) is 5.17. The number of carbonyl (C=O) groups excluding carboxylic acids is 1. The van der Waals surface area contributed by atoms with Gasteiger partial charge < -0.3 is 20.6 Å². The number of aromatic nitrogens is 2. The molecule has 8 heteroatoms. The number of nitrogens with zero attached hydrogens (tertiary/aromatic N) is 4. The van der Waals surface area contributed by atoms with Gasteiger partial charge in [-0.05, 0) is 17.2 Å². The van der Waals surface area contributed by atoms with Gasteiger partial charge in [-0.25, -0.2) is 4.98 Å². The lowest BCUT2D eigenvalue weighted by Gasteiger charge is -2.43. The molecule has 2 aromatic rings. The lowest BCUT2D eigenvalue weighted by atomic mass is 9.82. The number of β-amino-alcohol motifs (C(OH)–C–C–N with tert-alkyl or cyclic N) is 1. The average molecular weight is 374 g/mol. The molecule has 7 nitrogen and oxygen atoms in total. The molecule has 0 spiro atoms. The van der Waals surface area contributed by atoms with E-state index in [1.807, 2.05) is 23.1 Å². The maximum atomic E-state index is 12.2. The quantitative estimate of drug-likeness (QED) is 0.779. The van der Waals surface area contributed by atoms with Crippen molar-refractivity contribution >= 4 is 35.0 Å². The first-order valence-electron chi connectivity index (χ1n) is 8.32. The molecule has 1 fully saturated rings. The minimum Gasteiger partial charge on any atom is -0.374 e. The Balaban J connectivity index is 1.84. The Morgan fingerprint density at radius 2 is 2.04 bits per heavy atom. The van der Waals surface area contributed by atoms with Crippen molar-refractivity contribution in [3.05, 3.63) is 40.5 Å². The number of carbonyl (C=O) groups is 1. The van der Waals surface area contributed by atoms with Crippen molar-refractivity contribution in [2.45, 2.75) is 24.9 Å². The van der Waals surface area contributed by atoms with Gasteiger partial charge in [0.1, 0.15) is 5.02 Å². The average Bonchev–Trinajstić information content (AvgIpc) is 2.87. The molecule has 1 saturated heterocycles. The Labute approximate surface area is 156 Å². The molecule has 4 rings (SSSR count). The highest BCUT2D eigenvalue weighted by Gasteiger charge is 2.51. The number of hydrogen-bond donors (Lipinski definition) is 2. The van der Waals surface area contributed by atoms with Crippen molar-refractivity contribution in [3.63, 3.8) is 0 Å². The third-order valence-corrected chi connectivity index (χ3v) is 5.48. The van der Waals surface area contributed by atoms with E-state index in [1.54, 1.807) is 7.05 Å². The van der Waals surface area contributed by atoms with Crippen LogP contribution >= 0.6 is 11.6 Å². The van der Waals surface area contributed by atoms with Gasteiger partial charge in [-0.2, -0.15) is 4.98 Å². The molecule has 3 heterocycles. The first-order valence-corrected chi connectivity index (χ1v) is 8.70. The van der Waals surface area contributed by atoms with Crippen molar-refractivity contribution in [1.29, 1.82) is 0 Å². The number of likely N-dealkylation sites (tertiary alicyclic amines) is 1. The molecule has 0 saturated carbocycles.